The highest BCUT2D eigenvalue weighted by Crippen LogP contribution is 2.31. The van der Waals surface area contributed by atoms with Crippen LogP contribution in [0.25, 0.3) is 0 Å². The fraction of sp³-hybridized carbons (Fsp3) is 0.263. The van der Waals surface area contributed by atoms with Crippen molar-refractivity contribution in [1.29, 1.82) is 0 Å². The third kappa shape index (κ3) is 6.86. The molecule has 0 radical (unpaired) electrons. The van der Waals surface area contributed by atoms with E-state index in [2.05, 4.69) is 16.0 Å². The van der Waals surface area contributed by atoms with Gasteiger partial charge in [0.25, 0.3) is 5.91 Å². The average molecular weight is 416 g/mol. The molecule has 9 heteroatoms. The van der Waals surface area contributed by atoms with Gasteiger partial charge in [0, 0.05) is 12.2 Å². The van der Waals surface area contributed by atoms with E-state index in [-0.39, 0.29) is 12.4 Å². The highest BCUT2D eigenvalue weighted by atomic mass is 35.5. The van der Waals surface area contributed by atoms with Gasteiger partial charge < -0.3 is 16.0 Å². The molecule has 0 fully saturated rings. The zero-order chi connectivity index (χ0) is 19.9. The van der Waals surface area contributed by atoms with Crippen LogP contribution in [0, 0.1) is 0 Å². The van der Waals surface area contributed by atoms with Gasteiger partial charge in [-0.1, -0.05) is 31.2 Å². The Labute approximate surface area is 167 Å². The van der Waals surface area contributed by atoms with E-state index in [1.54, 1.807) is 18.2 Å². The molecule has 0 bridgehead atoms. The van der Waals surface area contributed by atoms with E-state index in [9.17, 15) is 22.8 Å². The van der Waals surface area contributed by atoms with Gasteiger partial charge in [0.1, 0.15) is 0 Å². The summed E-state index contributed by atoms with van der Waals surface area (Å²) >= 11 is 0. The minimum absolute atomic E-state index is 0. The fourth-order valence-corrected chi connectivity index (χ4v) is 2.42. The van der Waals surface area contributed by atoms with Crippen molar-refractivity contribution in [1.82, 2.24) is 10.6 Å². The Hall–Kier alpha value is -2.58. The van der Waals surface area contributed by atoms with Gasteiger partial charge in [-0.25, -0.2) is 0 Å². The lowest BCUT2D eigenvalue weighted by atomic mass is 10.1. The van der Waals surface area contributed by atoms with E-state index in [4.69, 9.17) is 0 Å². The van der Waals surface area contributed by atoms with E-state index >= 15 is 0 Å². The quantitative estimate of drug-likeness (QED) is 0.647. The lowest BCUT2D eigenvalue weighted by Crippen LogP contribution is -2.34. The van der Waals surface area contributed by atoms with Gasteiger partial charge in [-0.2, -0.15) is 13.2 Å². The van der Waals surface area contributed by atoms with E-state index in [0.29, 0.717) is 12.2 Å². The Morgan fingerprint density at radius 1 is 1.04 bits per heavy atom. The Morgan fingerprint density at radius 3 is 2.43 bits per heavy atom. The first-order chi connectivity index (χ1) is 12.8. The van der Waals surface area contributed by atoms with Crippen molar-refractivity contribution < 1.29 is 22.8 Å². The van der Waals surface area contributed by atoms with Crippen molar-refractivity contribution in [3.8, 4) is 0 Å². The molecule has 28 heavy (non-hydrogen) atoms. The zero-order valence-corrected chi connectivity index (χ0v) is 15.9. The van der Waals surface area contributed by atoms with Crippen LogP contribution in [0.4, 0.5) is 18.9 Å². The summed E-state index contributed by atoms with van der Waals surface area (Å²) in [7, 11) is 0. The fourth-order valence-electron chi connectivity index (χ4n) is 2.42. The summed E-state index contributed by atoms with van der Waals surface area (Å²) in [5, 5.41) is 7.98. The highest BCUT2D eigenvalue weighted by Gasteiger charge is 2.34. The van der Waals surface area contributed by atoms with Crippen molar-refractivity contribution >= 4 is 29.9 Å². The number of alkyl halides is 3. The summed E-state index contributed by atoms with van der Waals surface area (Å²) < 4.78 is 38.9. The van der Waals surface area contributed by atoms with Crippen LogP contribution in [0.3, 0.4) is 0 Å². The molecule has 0 heterocycles. The molecule has 2 amide bonds. The lowest BCUT2D eigenvalue weighted by molar-refractivity contribution is -0.137. The Kier molecular flexibility index (Phi) is 8.94. The molecular weight excluding hydrogens is 395 g/mol. The molecule has 2 aromatic carbocycles. The van der Waals surface area contributed by atoms with Crippen LogP contribution in [-0.2, 0) is 17.5 Å². The Bertz CT molecular complexity index is 813. The summed E-state index contributed by atoms with van der Waals surface area (Å²) in [6.07, 6.45) is -4.65. The van der Waals surface area contributed by atoms with Crippen LogP contribution in [0.1, 0.15) is 28.4 Å². The predicted molar refractivity (Wildman–Crippen MR) is 103 cm³/mol. The number of hydrogen-bond donors (Lipinski definition) is 3. The molecule has 0 aliphatic rings. The molecule has 0 aliphatic carbocycles. The summed E-state index contributed by atoms with van der Waals surface area (Å²) in [6, 6.07) is 11.6. The Morgan fingerprint density at radius 2 is 1.75 bits per heavy atom. The predicted octanol–water partition coefficient (Wildman–Crippen LogP) is 3.61. The first-order valence-corrected chi connectivity index (χ1v) is 8.35. The van der Waals surface area contributed by atoms with Gasteiger partial charge in [0.05, 0.1) is 17.7 Å². The molecule has 0 unspecified atom stereocenters. The van der Waals surface area contributed by atoms with E-state index in [0.717, 1.165) is 24.2 Å². The summed E-state index contributed by atoms with van der Waals surface area (Å²) in [5.74, 6) is -1.49. The smallest absolute Gasteiger partial charge is 0.343 e. The first kappa shape index (κ1) is 23.5. The average Bonchev–Trinajstić information content (AvgIpc) is 2.64. The molecule has 5 nitrogen and oxygen atoms in total. The maximum Gasteiger partial charge on any atom is 0.417 e. The van der Waals surface area contributed by atoms with Crippen LogP contribution in [0.15, 0.2) is 48.5 Å². The SMILES string of the molecule is CCNCc1cccc(NC(=O)CNC(=O)c2ccccc2C(F)(F)F)c1.Cl. The maximum atomic E-state index is 13.0. The zero-order valence-electron chi connectivity index (χ0n) is 15.1. The normalized spacial score (nSPS) is 10.7. The number of anilines is 1. The third-order valence-electron chi connectivity index (χ3n) is 3.68. The van der Waals surface area contributed by atoms with Crippen molar-refractivity contribution in [2.75, 3.05) is 18.4 Å². The molecule has 0 spiro atoms. The van der Waals surface area contributed by atoms with Crippen molar-refractivity contribution in [2.45, 2.75) is 19.6 Å². The summed E-state index contributed by atoms with van der Waals surface area (Å²) in [6.45, 7) is 2.99. The van der Waals surface area contributed by atoms with Crippen LogP contribution < -0.4 is 16.0 Å². The Balaban J connectivity index is 0.00000392. The summed E-state index contributed by atoms with van der Waals surface area (Å²) in [5.41, 5.74) is -0.0531. The maximum absolute atomic E-state index is 13.0. The highest BCUT2D eigenvalue weighted by molar-refractivity contribution is 6.00. The second-order valence-electron chi connectivity index (χ2n) is 5.75. The minimum Gasteiger partial charge on any atom is -0.343 e. The number of carbonyl (C=O) groups is 2. The minimum atomic E-state index is -4.65. The number of halogens is 4. The largest absolute Gasteiger partial charge is 0.417 e. The van der Waals surface area contributed by atoms with Crippen molar-refractivity contribution in [3.63, 3.8) is 0 Å². The number of hydrogen-bond acceptors (Lipinski definition) is 3. The van der Waals surface area contributed by atoms with Gasteiger partial charge in [0.2, 0.25) is 5.91 Å². The number of amides is 2. The van der Waals surface area contributed by atoms with Crippen LogP contribution in [0.5, 0.6) is 0 Å². The monoisotopic (exact) mass is 415 g/mol. The number of rotatable bonds is 7. The number of carbonyl (C=O) groups excluding carboxylic acids is 2. The second-order valence-corrected chi connectivity index (χ2v) is 5.75. The molecule has 0 atom stereocenters. The van der Waals surface area contributed by atoms with E-state index in [1.807, 2.05) is 13.0 Å². The lowest BCUT2D eigenvalue weighted by Gasteiger charge is -2.13. The molecule has 2 rings (SSSR count). The van der Waals surface area contributed by atoms with Gasteiger partial charge in [-0.05, 0) is 36.4 Å². The van der Waals surface area contributed by atoms with Crippen molar-refractivity contribution in [3.05, 3.63) is 65.2 Å². The molecular formula is C19H21ClF3N3O2. The van der Waals surface area contributed by atoms with Crippen molar-refractivity contribution in [2.24, 2.45) is 0 Å². The second kappa shape index (κ2) is 10.7. The van der Waals surface area contributed by atoms with E-state index in [1.165, 1.54) is 12.1 Å². The molecule has 0 saturated heterocycles. The van der Waals surface area contributed by atoms with Gasteiger partial charge in [-0.15, -0.1) is 12.4 Å². The first-order valence-electron chi connectivity index (χ1n) is 8.35. The molecule has 0 aliphatic heterocycles. The number of nitrogens with one attached hydrogen (secondary N) is 3. The molecule has 2 aromatic rings. The van der Waals surface area contributed by atoms with Crippen LogP contribution >= 0.6 is 12.4 Å². The molecule has 0 aromatic heterocycles. The van der Waals surface area contributed by atoms with Crippen LogP contribution in [-0.4, -0.2) is 24.9 Å². The standard InChI is InChI=1S/C19H20F3N3O2.ClH/c1-2-23-11-13-6-5-7-14(10-13)25-17(26)12-24-18(27)15-8-3-4-9-16(15)19(20,21)22;/h3-10,23H,2,11-12H2,1H3,(H,24,27)(H,25,26);1H. The van der Waals surface area contributed by atoms with Crippen LogP contribution in [0.2, 0.25) is 0 Å². The molecule has 0 saturated carbocycles. The molecule has 3 N–H and O–H groups in total. The third-order valence-corrected chi connectivity index (χ3v) is 3.68. The van der Waals surface area contributed by atoms with Gasteiger partial charge >= 0.3 is 6.18 Å². The molecule has 152 valence electrons. The van der Waals surface area contributed by atoms with Gasteiger partial charge in [0.15, 0.2) is 0 Å². The number of benzene rings is 2. The van der Waals surface area contributed by atoms with Gasteiger partial charge in [-0.3, -0.25) is 9.59 Å². The van der Waals surface area contributed by atoms with E-state index < -0.39 is 35.7 Å². The summed E-state index contributed by atoms with van der Waals surface area (Å²) in [4.78, 5) is 24.0. The topological polar surface area (TPSA) is 70.2 Å².